The molecule has 1 aromatic carbocycles. The van der Waals surface area contributed by atoms with Gasteiger partial charge in [-0.25, -0.2) is 4.79 Å². The van der Waals surface area contributed by atoms with Gasteiger partial charge in [0.25, 0.3) is 0 Å². The number of hydrogen-bond donors (Lipinski definition) is 1. The highest BCUT2D eigenvalue weighted by Gasteiger charge is 2.42. The number of aromatic nitrogens is 2. The summed E-state index contributed by atoms with van der Waals surface area (Å²) < 4.78 is 6.46. The van der Waals surface area contributed by atoms with E-state index in [9.17, 15) is 9.59 Å². The van der Waals surface area contributed by atoms with E-state index < -0.39 is 6.09 Å². The molecule has 1 aliphatic heterocycles. The third-order valence-corrected chi connectivity index (χ3v) is 5.25. The van der Waals surface area contributed by atoms with Crippen molar-refractivity contribution in [1.29, 1.82) is 0 Å². The summed E-state index contributed by atoms with van der Waals surface area (Å²) in [6, 6.07) is 9.46. The zero-order valence-electron chi connectivity index (χ0n) is 14.0. The zero-order chi connectivity index (χ0) is 17.3. The molecule has 0 atom stereocenters. The van der Waals surface area contributed by atoms with Crippen LogP contribution in [0.1, 0.15) is 40.9 Å². The summed E-state index contributed by atoms with van der Waals surface area (Å²) in [6.07, 6.45) is 4.32. The lowest BCUT2D eigenvalue weighted by molar-refractivity contribution is 0.0816. The average molecular weight is 339 g/mol. The third kappa shape index (κ3) is 3.09. The maximum absolute atomic E-state index is 12.7. The number of ether oxygens (including phenoxy) is 1. The summed E-state index contributed by atoms with van der Waals surface area (Å²) in [5, 5.41) is 7.49. The van der Waals surface area contributed by atoms with Gasteiger partial charge in [0.15, 0.2) is 5.78 Å². The highest BCUT2D eigenvalue weighted by atomic mass is 16.6. The van der Waals surface area contributed by atoms with Gasteiger partial charge in [-0.3, -0.25) is 4.79 Å². The Labute approximate surface area is 146 Å². The van der Waals surface area contributed by atoms with Crippen molar-refractivity contribution in [2.24, 2.45) is 5.41 Å². The molecule has 1 N–H and O–H groups in total. The number of carbonyl (C=O) groups excluding carboxylic acids is 2. The predicted molar refractivity (Wildman–Crippen MR) is 91.4 cm³/mol. The molecule has 25 heavy (non-hydrogen) atoms. The van der Waals surface area contributed by atoms with Crippen LogP contribution in [-0.2, 0) is 17.8 Å². The molecule has 1 aliphatic carbocycles. The molecule has 1 spiro atoms. The van der Waals surface area contributed by atoms with E-state index >= 15 is 0 Å². The highest BCUT2D eigenvalue weighted by molar-refractivity contribution is 6.00. The Morgan fingerprint density at radius 3 is 2.72 bits per heavy atom. The molecular weight excluding hydrogens is 318 g/mol. The van der Waals surface area contributed by atoms with Gasteiger partial charge in [-0.05, 0) is 43.3 Å². The van der Waals surface area contributed by atoms with Crippen LogP contribution >= 0.6 is 0 Å². The summed E-state index contributed by atoms with van der Waals surface area (Å²) in [7, 11) is 0. The van der Waals surface area contributed by atoms with Crippen molar-refractivity contribution >= 4 is 11.9 Å². The monoisotopic (exact) mass is 339 g/mol. The second-order valence-corrected chi connectivity index (χ2v) is 7.00. The van der Waals surface area contributed by atoms with Crippen molar-refractivity contribution < 1.29 is 14.3 Å². The summed E-state index contributed by atoms with van der Waals surface area (Å²) in [6.45, 7) is 2.05. The van der Waals surface area contributed by atoms with Crippen LogP contribution in [0.25, 0.3) is 0 Å². The zero-order valence-corrected chi connectivity index (χ0v) is 14.0. The van der Waals surface area contributed by atoms with E-state index in [-0.39, 0.29) is 17.8 Å². The Kier molecular flexibility index (Phi) is 4.13. The molecule has 0 bridgehead atoms. The molecule has 0 amide bonds. The number of Topliss-reactive ketones (excluding diaryl/α,β-unsaturated/α-hetero) is 1. The van der Waals surface area contributed by atoms with Crippen molar-refractivity contribution in [2.45, 2.75) is 32.3 Å². The molecule has 2 aromatic rings. The molecule has 2 aliphatic rings. The summed E-state index contributed by atoms with van der Waals surface area (Å²) in [5.74, 6) is -0.00249. The Hall–Kier alpha value is -2.47. The third-order valence-electron chi connectivity index (χ3n) is 5.25. The van der Waals surface area contributed by atoms with Crippen molar-refractivity contribution in [1.82, 2.24) is 15.1 Å². The fraction of sp³-hybridized carbons (Fsp3) is 0.421. The second kappa shape index (κ2) is 6.44. The number of benzene rings is 1. The van der Waals surface area contributed by atoms with E-state index in [1.54, 1.807) is 6.20 Å². The predicted octanol–water partition coefficient (Wildman–Crippen LogP) is 2.57. The van der Waals surface area contributed by atoms with E-state index in [2.05, 4.69) is 10.4 Å². The molecule has 130 valence electrons. The largest absolute Gasteiger partial charge is 0.443 e. The minimum atomic E-state index is -0.597. The SMILES string of the molecule is O=C1CC2(CCNCC2)Cc2cnn(C(=O)OCc3ccccc3)c21. The minimum absolute atomic E-state index is 0.00249. The molecule has 0 unspecified atom stereocenters. The van der Waals surface area contributed by atoms with Crippen LogP contribution in [0.2, 0.25) is 0 Å². The smallest absolute Gasteiger partial charge is 0.435 e. The molecule has 4 rings (SSSR count). The van der Waals surface area contributed by atoms with Gasteiger partial charge >= 0.3 is 6.09 Å². The van der Waals surface area contributed by atoms with Gasteiger partial charge in [-0.1, -0.05) is 30.3 Å². The molecule has 0 saturated carbocycles. The summed E-state index contributed by atoms with van der Waals surface area (Å²) in [4.78, 5) is 25.1. The van der Waals surface area contributed by atoms with Gasteiger partial charge in [0.05, 0.1) is 6.20 Å². The number of nitrogens with zero attached hydrogens (tertiary/aromatic N) is 2. The van der Waals surface area contributed by atoms with E-state index in [0.29, 0.717) is 12.1 Å². The number of rotatable bonds is 2. The second-order valence-electron chi connectivity index (χ2n) is 7.00. The molecule has 6 nitrogen and oxygen atoms in total. The molecular formula is C19H21N3O3. The quantitative estimate of drug-likeness (QED) is 0.910. The van der Waals surface area contributed by atoms with Crippen LogP contribution in [-0.4, -0.2) is 34.7 Å². The van der Waals surface area contributed by atoms with Gasteiger partial charge < -0.3 is 10.1 Å². The van der Waals surface area contributed by atoms with Gasteiger partial charge in [-0.2, -0.15) is 9.78 Å². The number of carbonyl (C=O) groups is 2. The molecule has 1 saturated heterocycles. The van der Waals surface area contributed by atoms with Crippen molar-refractivity contribution in [3.05, 3.63) is 53.3 Å². The highest BCUT2D eigenvalue weighted by Crippen LogP contribution is 2.42. The van der Waals surface area contributed by atoms with Crippen LogP contribution in [0.3, 0.4) is 0 Å². The van der Waals surface area contributed by atoms with Crippen molar-refractivity contribution in [3.63, 3.8) is 0 Å². The summed E-state index contributed by atoms with van der Waals surface area (Å²) in [5.41, 5.74) is 2.20. The number of piperidine rings is 1. The lowest BCUT2D eigenvalue weighted by atomic mass is 9.67. The van der Waals surface area contributed by atoms with Crippen LogP contribution in [0, 0.1) is 5.41 Å². The van der Waals surface area contributed by atoms with Gasteiger partial charge in [-0.15, -0.1) is 0 Å². The maximum Gasteiger partial charge on any atom is 0.435 e. The topological polar surface area (TPSA) is 73.2 Å². The van der Waals surface area contributed by atoms with E-state index in [1.807, 2.05) is 30.3 Å². The normalized spacial score (nSPS) is 18.8. The van der Waals surface area contributed by atoms with Crippen molar-refractivity contribution in [3.8, 4) is 0 Å². The summed E-state index contributed by atoms with van der Waals surface area (Å²) >= 11 is 0. The average Bonchev–Trinajstić information content (AvgIpc) is 3.05. The number of nitrogens with one attached hydrogen (secondary N) is 1. The Balaban J connectivity index is 1.51. The Morgan fingerprint density at radius 2 is 1.96 bits per heavy atom. The van der Waals surface area contributed by atoms with Gasteiger partial charge in [0, 0.05) is 12.0 Å². The molecule has 1 fully saturated rings. The minimum Gasteiger partial charge on any atom is -0.443 e. The van der Waals surface area contributed by atoms with Crippen LogP contribution in [0.5, 0.6) is 0 Å². The lowest BCUT2D eigenvalue weighted by Gasteiger charge is -2.39. The number of fused-ring (bicyclic) bond motifs is 1. The first-order valence-corrected chi connectivity index (χ1v) is 8.69. The first-order chi connectivity index (χ1) is 12.2. The maximum atomic E-state index is 12.7. The molecule has 1 aromatic heterocycles. The molecule has 6 heteroatoms. The Bertz CT molecular complexity index is 792. The van der Waals surface area contributed by atoms with Gasteiger partial charge in [0.2, 0.25) is 0 Å². The standard InChI is InChI=1S/C19H21N3O3/c23-16-11-19(6-8-20-9-7-19)10-15-12-21-22(17(15)16)18(24)25-13-14-4-2-1-3-5-14/h1-5,12,20H,6-11,13H2. The van der Waals surface area contributed by atoms with Crippen LogP contribution in [0.4, 0.5) is 4.79 Å². The van der Waals surface area contributed by atoms with Gasteiger partial charge in [0.1, 0.15) is 12.3 Å². The van der Waals surface area contributed by atoms with Crippen molar-refractivity contribution in [2.75, 3.05) is 13.1 Å². The molecule has 2 heterocycles. The van der Waals surface area contributed by atoms with E-state index in [1.165, 1.54) is 0 Å². The van der Waals surface area contributed by atoms with E-state index in [4.69, 9.17) is 4.74 Å². The number of ketones is 1. The Morgan fingerprint density at radius 1 is 1.20 bits per heavy atom. The number of hydrogen-bond acceptors (Lipinski definition) is 5. The first kappa shape index (κ1) is 16.0. The fourth-order valence-electron chi connectivity index (χ4n) is 3.93. The van der Waals surface area contributed by atoms with Crippen LogP contribution in [0.15, 0.2) is 36.5 Å². The fourth-order valence-corrected chi connectivity index (χ4v) is 3.93. The van der Waals surface area contributed by atoms with E-state index in [0.717, 1.165) is 48.2 Å². The first-order valence-electron chi connectivity index (χ1n) is 8.69. The lowest BCUT2D eigenvalue weighted by Crippen LogP contribution is -2.42. The molecule has 0 radical (unpaired) electrons. The van der Waals surface area contributed by atoms with Crippen LogP contribution < -0.4 is 5.32 Å².